The van der Waals surface area contributed by atoms with Gasteiger partial charge in [-0.3, -0.25) is 4.79 Å². The van der Waals surface area contributed by atoms with E-state index in [1.807, 2.05) is 18.2 Å². The Kier molecular flexibility index (Phi) is 4.65. The summed E-state index contributed by atoms with van der Waals surface area (Å²) in [6, 6.07) is 15.5. The predicted molar refractivity (Wildman–Crippen MR) is 101 cm³/mol. The highest BCUT2D eigenvalue weighted by Crippen LogP contribution is 2.35. The zero-order valence-electron chi connectivity index (χ0n) is 15.1. The average molecular weight is 386 g/mol. The van der Waals surface area contributed by atoms with Crippen molar-refractivity contribution in [3.05, 3.63) is 60.2 Å². The highest BCUT2D eigenvalue weighted by molar-refractivity contribution is 7.89. The molecule has 0 radical (unpaired) electrons. The van der Waals surface area contributed by atoms with E-state index < -0.39 is 10.0 Å². The van der Waals surface area contributed by atoms with Gasteiger partial charge in [0.25, 0.3) is 5.91 Å². The van der Waals surface area contributed by atoms with Gasteiger partial charge in [-0.05, 0) is 48.7 Å². The zero-order valence-corrected chi connectivity index (χ0v) is 15.9. The number of rotatable bonds is 4. The summed E-state index contributed by atoms with van der Waals surface area (Å²) >= 11 is 0. The number of nitrogens with zero attached hydrogens (tertiary/aromatic N) is 2. The molecule has 2 aliphatic heterocycles. The second kappa shape index (κ2) is 6.98. The smallest absolute Gasteiger partial charge is 0.254 e. The number of hydrogen-bond donors (Lipinski definition) is 0. The van der Waals surface area contributed by atoms with Crippen molar-refractivity contribution in [2.75, 3.05) is 26.7 Å². The summed E-state index contributed by atoms with van der Waals surface area (Å²) in [5, 5.41) is 0. The minimum absolute atomic E-state index is 0.0273. The number of amides is 1. The van der Waals surface area contributed by atoms with Crippen LogP contribution in [0.3, 0.4) is 0 Å². The van der Waals surface area contributed by atoms with Crippen LogP contribution in [0.1, 0.15) is 16.8 Å². The van der Waals surface area contributed by atoms with E-state index in [0.717, 1.165) is 6.42 Å². The van der Waals surface area contributed by atoms with Gasteiger partial charge < -0.3 is 9.64 Å². The number of fused-ring (bicyclic) bond motifs is 1. The summed E-state index contributed by atoms with van der Waals surface area (Å²) in [5.41, 5.74) is 0.645. The van der Waals surface area contributed by atoms with E-state index in [-0.39, 0.29) is 16.8 Å². The second-order valence-electron chi connectivity index (χ2n) is 6.98. The van der Waals surface area contributed by atoms with Gasteiger partial charge in [0.15, 0.2) is 0 Å². The van der Waals surface area contributed by atoms with Crippen LogP contribution in [-0.2, 0) is 10.0 Å². The number of sulfonamides is 1. The zero-order chi connectivity index (χ0) is 19.0. The molecule has 6 nitrogen and oxygen atoms in total. The molecule has 2 aliphatic rings. The van der Waals surface area contributed by atoms with Crippen LogP contribution in [0.5, 0.6) is 5.75 Å². The Balaban J connectivity index is 1.51. The van der Waals surface area contributed by atoms with E-state index >= 15 is 0 Å². The molecule has 27 heavy (non-hydrogen) atoms. The van der Waals surface area contributed by atoms with Gasteiger partial charge >= 0.3 is 0 Å². The van der Waals surface area contributed by atoms with Crippen molar-refractivity contribution in [2.24, 2.45) is 5.92 Å². The van der Waals surface area contributed by atoms with Gasteiger partial charge in [-0.2, -0.15) is 4.31 Å². The van der Waals surface area contributed by atoms with Gasteiger partial charge in [-0.15, -0.1) is 0 Å². The van der Waals surface area contributed by atoms with Crippen LogP contribution in [0.2, 0.25) is 0 Å². The molecule has 0 aromatic heterocycles. The maximum Gasteiger partial charge on any atom is 0.254 e. The summed E-state index contributed by atoms with van der Waals surface area (Å²) in [4.78, 5) is 14.8. The summed E-state index contributed by atoms with van der Waals surface area (Å²) < 4.78 is 32.6. The molecular formula is C20H22N2O4S. The van der Waals surface area contributed by atoms with Gasteiger partial charge in [-0.1, -0.05) is 18.2 Å². The molecule has 7 heteroatoms. The van der Waals surface area contributed by atoms with Crippen LogP contribution >= 0.6 is 0 Å². The number of ether oxygens (including phenoxy) is 1. The van der Waals surface area contributed by atoms with Crippen LogP contribution in [0, 0.1) is 5.92 Å². The maximum atomic E-state index is 13.0. The lowest BCUT2D eigenvalue weighted by atomic mass is 9.82. The Morgan fingerprint density at radius 2 is 1.74 bits per heavy atom. The van der Waals surface area contributed by atoms with Crippen molar-refractivity contribution in [3.63, 3.8) is 0 Å². The fourth-order valence-corrected chi connectivity index (χ4v) is 5.34. The first kappa shape index (κ1) is 18.0. The number of carbonyl (C=O) groups excluding carboxylic acids is 1. The lowest BCUT2D eigenvalue weighted by Crippen LogP contribution is -2.66. The van der Waals surface area contributed by atoms with Crippen molar-refractivity contribution in [1.82, 2.24) is 9.21 Å². The van der Waals surface area contributed by atoms with Gasteiger partial charge in [0.1, 0.15) is 5.75 Å². The molecular weight excluding hydrogens is 364 g/mol. The van der Waals surface area contributed by atoms with Gasteiger partial charge in [0.2, 0.25) is 10.0 Å². The minimum Gasteiger partial charge on any atom is -0.497 e. The number of likely N-dealkylation sites (tertiary alicyclic amines) is 1. The van der Waals surface area contributed by atoms with E-state index in [9.17, 15) is 13.2 Å². The van der Waals surface area contributed by atoms with Crippen LogP contribution in [0.15, 0.2) is 59.5 Å². The summed E-state index contributed by atoms with van der Waals surface area (Å²) in [5.74, 6) is 0.965. The third kappa shape index (κ3) is 3.21. The van der Waals surface area contributed by atoms with Gasteiger partial charge in [0.05, 0.1) is 18.0 Å². The molecule has 2 saturated heterocycles. The van der Waals surface area contributed by atoms with Crippen LogP contribution in [0.25, 0.3) is 0 Å². The van der Waals surface area contributed by atoms with Gasteiger partial charge in [0, 0.05) is 25.2 Å². The Bertz CT molecular complexity index is 928. The first-order valence-corrected chi connectivity index (χ1v) is 10.4. The maximum absolute atomic E-state index is 13.0. The van der Waals surface area contributed by atoms with Crippen molar-refractivity contribution >= 4 is 15.9 Å². The lowest BCUT2D eigenvalue weighted by Gasteiger charge is -2.53. The van der Waals surface area contributed by atoms with E-state index in [4.69, 9.17) is 4.74 Å². The fourth-order valence-electron chi connectivity index (χ4n) is 3.86. The molecule has 4 rings (SSSR count). The van der Waals surface area contributed by atoms with E-state index in [1.165, 1.54) is 4.31 Å². The Labute approximate surface area is 159 Å². The SMILES string of the molecule is COc1ccc(S(=O)(=O)N2CC[C@@H]3CN(C(=O)c4ccccc4)[C@@H]3C2)cc1. The van der Waals surface area contributed by atoms with Crippen LogP contribution in [-0.4, -0.2) is 56.3 Å². The van der Waals surface area contributed by atoms with E-state index in [0.29, 0.717) is 36.9 Å². The molecule has 0 bridgehead atoms. The molecule has 0 N–H and O–H groups in total. The topological polar surface area (TPSA) is 66.9 Å². The number of methoxy groups -OCH3 is 1. The molecule has 2 aromatic rings. The first-order valence-electron chi connectivity index (χ1n) is 9.01. The van der Waals surface area contributed by atoms with Crippen molar-refractivity contribution in [3.8, 4) is 5.75 Å². The van der Waals surface area contributed by atoms with E-state index in [1.54, 1.807) is 48.4 Å². The predicted octanol–water partition coefficient (Wildman–Crippen LogP) is 2.23. The minimum atomic E-state index is -3.58. The highest BCUT2D eigenvalue weighted by atomic mass is 32.2. The third-order valence-corrected chi connectivity index (χ3v) is 7.37. The summed E-state index contributed by atoms with van der Waals surface area (Å²) in [7, 11) is -2.04. The van der Waals surface area contributed by atoms with Crippen LogP contribution in [0.4, 0.5) is 0 Å². The summed E-state index contributed by atoms with van der Waals surface area (Å²) in [6.07, 6.45) is 0.776. The molecule has 2 fully saturated rings. The Morgan fingerprint density at radius 1 is 1.04 bits per heavy atom. The normalized spacial score (nSPS) is 22.6. The average Bonchev–Trinajstić information content (AvgIpc) is 2.69. The standard InChI is InChI=1S/C20H22N2O4S/c1-26-17-7-9-18(10-8-17)27(24,25)21-12-11-16-13-22(19(16)14-21)20(23)15-5-3-2-4-6-15/h2-10,16,19H,11-14H2,1H3/t16-,19-/m1/s1. The molecule has 1 amide bonds. The van der Waals surface area contributed by atoms with Crippen molar-refractivity contribution in [1.29, 1.82) is 0 Å². The van der Waals surface area contributed by atoms with Crippen LogP contribution < -0.4 is 4.74 Å². The van der Waals surface area contributed by atoms with E-state index in [2.05, 4.69) is 0 Å². The molecule has 0 aliphatic carbocycles. The Hall–Kier alpha value is -2.38. The number of piperidine rings is 1. The second-order valence-corrected chi connectivity index (χ2v) is 8.92. The quantitative estimate of drug-likeness (QED) is 0.808. The highest BCUT2D eigenvalue weighted by Gasteiger charge is 2.47. The summed E-state index contributed by atoms with van der Waals surface area (Å²) in [6.45, 7) is 1.54. The molecule has 142 valence electrons. The monoisotopic (exact) mass is 386 g/mol. The molecule has 0 saturated carbocycles. The fraction of sp³-hybridized carbons (Fsp3) is 0.350. The molecule has 0 unspecified atom stereocenters. The van der Waals surface area contributed by atoms with Crippen molar-refractivity contribution < 1.29 is 17.9 Å². The number of benzene rings is 2. The first-order chi connectivity index (χ1) is 13.0. The number of hydrogen-bond acceptors (Lipinski definition) is 4. The van der Waals surface area contributed by atoms with Crippen molar-refractivity contribution in [2.45, 2.75) is 17.4 Å². The molecule has 2 aromatic carbocycles. The Morgan fingerprint density at radius 3 is 2.41 bits per heavy atom. The molecule has 0 spiro atoms. The largest absolute Gasteiger partial charge is 0.497 e. The van der Waals surface area contributed by atoms with Gasteiger partial charge in [-0.25, -0.2) is 8.42 Å². The molecule has 2 heterocycles. The lowest BCUT2D eigenvalue weighted by molar-refractivity contribution is -0.0118. The molecule has 2 atom stereocenters. The third-order valence-electron chi connectivity index (χ3n) is 5.49. The number of carbonyl (C=O) groups is 1.